The van der Waals surface area contributed by atoms with Crippen molar-refractivity contribution in [2.24, 2.45) is 0 Å². The molecule has 5 heteroatoms. The Morgan fingerprint density at radius 3 is 2.69 bits per heavy atom. The number of carbonyl (C=O) groups excluding carboxylic acids is 1. The van der Waals surface area contributed by atoms with E-state index in [9.17, 15) is 18.0 Å². The van der Waals surface area contributed by atoms with Crippen molar-refractivity contribution >= 4 is 5.78 Å². The lowest BCUT2D eigenvalue weighted by atomic mass is 9.99. The van der Waals surface area contributed by atoms with E-state index in [0.29, 0.717) is 0 Å². The van der Waals surface area contributed by atoms with E-state index in [2.05, 4.69) is 0 Å². The number of ketones is 1. The molecule has 1 aliphatic rings. The van der Waals surface area contributed by atoms with Crippen molar-refractivity contribution in [1.82, 2.24) is 0 Å². The predicted molar refractivity (Wildman–Crippen MR) is 50.6 cm³/mol. The maximum Gasteiger partial charge on any atom is 0.425 e. The highest BCUT2D eigenvalue weighted by Crippen LogP contribution is 2.35. The third kappa shape index (κ3) is 1.89. The molecule has 0 N–H and O–H groups in total. The van der Waals surface area contributed by atoms with Crippen molar-refractivity contribution in [1.29, 1.82) is 0 Å². The second kappa shape index (κ2) is 3.50. The minimum Gasteiger partial charge on any atom is -0.480 e. The topological polar surface area (TPSA) is 26.3 Å². The molecule has 0 aliphatic carbocycles. The number of aryl methyl sites for hydroxylation is 1. The van der Waals surface area contributed by atoms with Crippen LogP contribution >= 0.6 is 0 Å². The summed E-state index contributed by atoms with van der Waals surface area (Å²) in [5, 5.41) is 0. The number of ether oxygens (including phenoxy) is 1. The van der Waals surface area contributed by atoms with E-state index in [0.717, 1.165) is 5.56 Å². The maximum absolute atomic E-state index is 12.4. The number of Topliss-reactive ketones (excluding diaryl/α,β-unsaturated/α-hetero) is 1. The third-order valence-corrected chi connectivity index (χ3v) is 2.44. The Bertz CT molecular complexity index is 437. The Balaban J connectivity index is 2.38. The molecule has 1 heterocycles. The molecule has 0 radical (unpaired) electrons. The van der Waals surface area contributed by atoms with Gasteiger partial charge in [-0.25, -0.2) is 0 Å². The molecule has 0 aromatic heterocycles. The number of carbonyl (C=O) groups is 1. The summed E-state index contributed by atoms with van der Waals surface area (Å²) < 4.78 is 42.0. The van der Waals surface area contributed by atoms with Crippen molar-refractivity contribution in [3.05, 3.63) is 29.3 Å². The molecule has 1 aliphatic heterocycles. The quantitative estimate of drug-likeness (QED) is 0.685. The first-order valence-electron chi connectivity index (χ1n) is 4.75. The van der Waals surface area contributed by atoms with Gasteiger partial charge in [0.05, 0.1) is 12.0 Å². The van der Waals surface area contributed by atoms with E-state index in [4.69, 9.17) is 4.74 Å². The van der Waals surface area contributed by atoms with Crippen molar-refractivity contribution in [3.63, 3.8) is 0 Å². The molecule has 0 saturated heterocycles. The summed E-state index contributed by atoms with van der Waals surface area (Å²) in [5.41, 5.74) is 1.06. The van der Waals surface area contributed by atoms with Crippen LogP contribution in [0.2, 0.25) is 0 Å². The van der Waals surface area contributed by atoms with Crippen LogP contribution in [0.3, 0.4) is 0 Å². The lowest BCUT2D eigenvalue weighted by Gasteiger charge is -2.26. The molecular weight excluding hydrogens is 221 g/mol. The molecule has 16 heavy (non-hydrogen) atoms. The molecular formula is C11H9F3O2. The number of halogens is 3. The van der Waals surface area contributed by atoms with E-state index in [1.54, 1.807) is 19.1 Å². The monoisotopic (exact) mass is 230 g/mol. The Labute approximate surface area is 90.0 Å². The largest absolute Gasteiger partial charge is 0.480 e. The summed E-state index contributed by atoms with van der Waals surface area (Å²) >= 11 is 0. The smallest absolute Gasteiger partial charge is 0.425 e. The lowest BCUT2D eigenvalue weighted by molar-refractivity contribution is -0.195. The summed E-state index contributed by atoms with van der Waals surface area (Å²) in [6, 6.07) is 4.57. The van der Waals surface area contributed by atoms with Crippen LogP contribution in [0.25, 0.3) is 0 Å². The molecule has 2 rings (SSSR count). The van der Waals surface area contributed by atoms with E-state index < -0.39 is 24.5 Å². The van der Waals surface area contributed by atoms with Crippen LogP contribution in [-0.2, 0) is 0 Å². The first kappa shape index (κ1) is 11.0. The van der Waals surface area contributed by atoms with Crippen LogP contribution < -0.4 is 4.74 Å². The van der Waals surface area contributed by atoms with Gasteiger partial charge in [0.15, 0.2) is 5.78 Å². The highest BCUT2D eigenvalue weighted by atomic mass is 19.4. The molecule has 1 atom stereocenters. The summed E-state index contributed by atoms with van der Waals surface area (Å²) in [7, 11) is 0. The Hall–Kier alpha value is -1.52. The van der Waals surface area contributed by atoms with Gasteiger partial charge in [-0.05, 0) is 19.1 Å². The number of benzene rings is 1. The fourth-order valence-corrected chi connectivity index (χ4v) is 1.62. The van der Waals surface area contributed by atoms with Crippen molar-refractivity contribution in [2.45, 2.75) is 25.6 Å². The van der Waals surface area contributed by atoms with Crippen molar-refractivity contribution in [3.8, 4) is 5.75 Å². The molecule has 1 aromatic rings. The van der Waals surface area contributed by atoms with Gasteiger partial charge in [0.1, 0.15) is 5.75 Å². The Morgan fingerprint density at radius 2 is 2.06 bits per heavy atom. The third-order valence-electron chi connectivity index (χ3n) is 2.44. The van der Waals surface area contributed by atoms with E-state index in [1.165, 1.54) is 6.07 Å². The first-order valence-corrected chi connectivity index (χ1v) is 4.75. The van der Waals surface area contributed by atoms with Gasteiger partial charge in [0, 0.05) is 0 Å². The SMILES string of the molecule is Cc1ccc2c(c1)C(=O)CC(C(F)(F)F)O2. The molecule has 0 fully saturated rings. The highest BCUT2D eigenvalue weighted by molar-refractivity contribution is 6.00. The Kier molecular flexibility index (Phi) is 2.40. The minimum atomic E-state index is -4.50. The van der Waals surface area contributed by atoms with Crippen LogP contribution in [0.5, 0.6) is 5.75 Å². The summed E-state index contributed by atoms with van der Waals surface area (Å²) in [5.74, 6) is -0.503. The minimum absolute atomic E-state index is 0.0178. The van der Waals surface area contributed by atoms with Gasteiger partial charge in [-0.3, -0.25) is 4.79 Å². The van der Waals surface area contributed by atoms with Crippen LogP contribution in [0.15, 0.2) is 18.2 Å². The first-order chi connectivity index (χ1) is 7.38. The van der Waals surface area contributed by atoms with Gasteiger partial charge in [0.2, 0.25) is 6.10 Å². The van der Waals surface area contributed by atoms with Gasteiger partial charge >= 0.3 is 6.18 Å². The van der Waals surface area contributed by atoms with E-state index in [-0.39, 0.29) is 11.3 Å². The molecule has 2 nitrogen and oxygen atoms in total. The average Bonchev–Trinajstić information content (AvgIpc) is 2.17. The lowest BCUT2D eigenvalue weighted by Crippen LogP contribution is -2.39. The molecule has 0 amide bonds. The van der Waals surface area contributed by atoms with Gasteiger partial charge < -0.3 is 4.74 Å². The standard InChI is InChI=1S/C11H9F3O2/c1-6-2-3-9-7(4-6)8(15)5-10(16-9)11(12,13)14/h2-4,10H,5H2,1H3. The van der Waals surface area contributed by atoms with Crippen LogP contribution in [-0.4, -0.2) is 18.1 Å². The summed E-state index contributed by atoms with van der Waals surface area (Å²) in [6.45, 7) is 1.77. The second-order valence-electron chi connectivity index (χ2n) is 3.78. The normalized spacial score (nSPS) is 20.2. The number of rotatable bonds is 0. The molecule has 1 unspecified atom stereocenters. The number of alkyl halides is 3. The summed E-state index contributed by atoms with van der Waals surface area (Å²) in [4.78, 5) is 11.5. The van der Waals surface area contributed by atoms with Crippen LogP contribution in [0.4, 0.5) is 13.2 Å². The predicted octanol–water partition coefficient (Wildman–Crippen LogP) is 2.89. The van der Waals surface area contributed by atoms with E-state index in [1.807, 2.05) is 0 Å². The van der Waals surface area contributed by atoms with Gasteiger partial charge in [0.25, 0.3) is 0 Å². The highest BCUT2D eigenvalue weighted by Gasteiger charge is 2.45. The maximum atomic E-state index is 12.4. The Morgan fingerprint density at radius 1 is 1.38 bits per heavy atom. The molecule has 86 valence electrons. The van der Waals surface area contributed by atoms with Crippen molar-refractivity contribution < 1.29 is 22.7 Å². The molecule has 0 spiro atoms. The zero-order valence-corrected chi connectivity index (χ0v) is 8.47. The number of hydrogen-bond acceptors (Lipinski definition) is 2. The van der Waals surface area contributed by atoms with Gasteiger partial charge in [-0.1, -0.05) is 11.6 Å². The molecule has 0 bridgehead atoms. The number of hydrogen-bond donors (Lipinski definition) is 0. The molecule has 1 aromatic carbocycles. The zero-order valence-electron chi connectivity index (χ0n) is 8.47. The fourth-order valence-electron chi connectivity index (χ4n) is 1.62. The molecule has 0 saturated carbocycles. The average molecular weight is 230 g/mol. The summed E-state index contributed by atoms with van der Waals surface area (Å²) in [6.07, 6.45) is -7.16. The van der Waals surface area contributed by atoms with Crippen molar-refractivity contribution in [2.75, 3.05) is 0 Å². The fraction of sp³-hybridized carbons (Fsp3) is 0.364. The van der Waals surface area contributed by atoms with E-state index >= 15 is 0 Å². The van der Waals surface area contributed by atoms with Crippen LogP contribution in [0.1, 0.15) is 22.3 Å². The van der Waals surface area contributed by atoms with Gasteiger partial charge in [-0.2, -0.15) is 13.2 Å². The second-order valence-corrected chi connectivity index (χ2v) is 3.78. The van der Waals surface area contributed by atoms with Crippen LogP contribution in [0, 0.1) is 6.92 Å². The number of fused-ring (bicyclic) bond motifs is 1. The van der Waals surface area contributed by atoms with Gasteiger partial charge in [-0.15, -0.1) is 0 Å². The zero-order chi connectivity index (χ0) is 11.9.